The molecule has 0 aliphatic rings. The van der Waals surface area contributed by atoms with Crippen molar-refractivity contribution in [3.8, 4) is 50.5 Å². The van der Waals surface area contributed by atoms with E-state index in [0.717, 1.165) is 39.3 Å². The van der Waals surface area contributed by atoms with E-state index in [1.165, 1.54) is 49.4 Å². The zero-order valence-electron chi connectivity index (χ0n) is 27.2. The summed E-state index contributed by atoms with van der Waals surface area (Å²) in [6.45, 7) is 0. The molecule has 6 aromatic carbocycles. The van der Waals surface area contributed by atoms with Crippen LogP contribution in [0.25, 0.3) is 88.7 Å². The Morgan fingerprint density at radius 3 is 1.54 bits per heavy atom. The van der Waals surface area contributed by atoms with E-state index in [1.54, 1.807) is 0 Å². The van der Waals surface area contributed by atoms with Crippen LogP contribution in [0.4, 0.5) is 0 Å². The molecule has 0 aliphatic heterocycles. The van der Waals surface area contributed by atoms with E-state index in [2.05, 4.69) is 185 Å². The second-order valence-electron chi connectivity index (χ2n) is 12.8. The summed E-state index contributed by atoms with van der Waals surface area (Å²) < 4.78 is 4.82. The van der Waals surface area contributed by atoms with Crippen LogP contribution >= 0.6 is 0 Å². The monoisotopic (exact) mass is 637 g/mol. The van der Waals surface area contributed by atoms with Crippen molar-refractivity contribution in [2.24, 2.45) is 0 Å². The molecule has 0 saturated heterocycles. The van der Waals surface area contributed by atoms with E-state index in [4.69, 9.17) is 4.98 Å². The van der Waals surface area contributed by atoms with E-state index in [1.807, 2.05) is 12.1 Å². The van der Waals surface area contributed by atoms with Crippen LogP contribution in [0.5, 0.6) is 0 Å². The first kappa shape index (κ1) is 28.3. The average molecular weight is 638 g/mol. The first-order valence-corrected chi connectivity index (χ1v) is 17.1. The molecule has 0 saturated carbocycles. The summed E-state index contributed by atoms with van der Waals surface area (Å²) in [5.41, 5.74) is 14.8. The van der Waals surface area contributed by atoms with Crippen LogP contribution < -0.4 is 0 Å². The van der Waals surface area contributed by atoms with Gasteiger partial charge in [-0.1, -0.05) is 140 Å². The maximum atomic E-state index is 5.10. The lowest BCUT2D eigenvalue weighted by Crippen LogP contribution is -1.97. The van der Waals surface area contributed by atoms with E-state index >= 15 is 0 Å². The van der Waals surface area contributed by atoms with Crippen LogP contribution in [0.15, 0.2) is 188 Å². The molecular formula is C47H31N3. The van der Waals surface area contributed by atoms with Gasteiger partial charge < -0.3 is 8.97 Å². The Kier molecular flexibility index (Phi) is 6.49. The van der Waals surface area contributed by atoms with Crippen molar-refractivity contribution in [2.45, 2.75) is 0 Å². The Morgan fingerprint density at radius 1 is 0.360 bits per heavy atom. The lowest BCUT2D eigenvalue weighted by atomic mass is 9.99. The molecule has 0 unspecified atom stereocenters. The molecule has 0 fully saturated rings. The molecule has 0 N–H and O–H groups in total. The van der Waals surface area contributed by atoms with Gasteiger partial charge >= 0.3 is 0 Å². The lowest BCUT2D eigenvalue weighted by Gasteiger charge is -2.13. The average Bonchev–Trinajstić information content (AvgIpc) is 3.72. The fourth-order valence-electron chi connectivity index (χ4n) is 7.65. The smallest absolute Gasteiger partial charge is 0.0790 e. The van der Waals surface area contributed by atoms with Gasteiger partial charge in [-0.15, -0.1) is 0 Å². The molecule has 4 aromatic heterocycles. The van der Waals surface area contributed by atoms with Crippen molar-refractivity contribution in [1.82, 2.24) is 14.0 Å². The zero-order valence-corrected chi connectivity index (χ0v) is 27.2. The molecule has 0 aliphatic carbocycles. The number of hydrogen-bond acceptors (Lipinski definition) is 1. The normalized spacial score (nSPS) is 11.6. The van der Waals surface area contributed by atoms with Crippen LogP contribution in [0.3, 0.4) is 0 Å². The quantitative estimate of drug-likeness (QED) is 0.184. The van der Waals surface area contributed by atoms with Crippen LogP contribution in [0.2, 0.25) is 0 Å². The number of fused-ring (bicyclic) bond motifs is 7. The van der Waals surface area contributed by atoms with Gasteiger partial charge in [0.05, 0.1) is 33.5 Å². The third kappa shape index (κ3) is 4.48. The Hall–Kier alpha value is -6.71. The number of pyridine rings is 2. The molecule has 0 amide bonds. The standard InChI is InChI=1S/C47H31N3/c1-4-14-33(15-5-1)41-30-36(31-42(48-41)34-16-6-2-7-17-34)32-24-26-37(27-25-32)50-44-23-13-10-20-38(44)39-28-29-49-43-22-12-11-21-40(43)45(47(49)46(39)50)35-18-8-3-9-19-35/h1-31H. The molecule has 0 spiro atoms. The van der Waals surface area contributed by atoms with Crippen molar-refractivity contribution in [1.29, 1.82) is 0 Å². The molecule has 3 nitrogen and oxygen atoms in total. The van der Waals surface area contributed by atoms with Crippen LogP contribution in [-0.2, 0) is 0 Å². The van der Waals surface area contributed by atoms with Gasteiger partial charge in [-0.25, -0.2) is 4.98 Å². The largest absolute Gasteiger partial charge is 0.314 e. The van der Waals surface area contributed by atoms with Gasteiger partial charge in [0, 0.05) is 44.7 Å². The minimum absolute atomic E-state index is 0.963. The Bertz CT molecular complexity index is 2770. The third-order valence-corrected chi connectivity index (χ3v) is 9.92. The van der Waals surface area contributed by atoms with Gasteiger partial charge in [0.15, 0.2) is 0 Å². The fourth-order valence-corrected chi connectivity index (χ4v) is 7.65. The van der Waals surface area contributed by atoms with Gasteiger partial charge in [0.2, 0.25) is 0 Å². The summed E-state index contributed by atoms with van der Waals surface area (Å²) >= 11 is 0. The molecule has 10 aromatic rings. The summed E-state index contributed by atoms with van der Waals surface area (Å²) in [4.78, 5) is 5.10. The van der Waals surface area contributed by atoms with E-state index in [9.17, 15) is 0 Å². The molecule has 3 heteroatoms. The van der Waals surface area contributed by atoms with Crippen molar-refractivity contribution in [3.05, 3.63) is 188 Å². The second-order valence-corrected chi connectivity index (χ2v) is 12.8. The topological polar surface area (TPSA) is 22.2 Å². The minimum Gasteiger partial charge on any atom is -0.314 e. The summed E-state index contributed by atoms with van der Waals surface area (Å²) in [7, 11) is 0. The predicted octanol–water partition coefficient (Wildman–Crippen LogP) is 12.3. The highest BCUT2D eigenvalue weighted by atomic mass is 15.0. The van der Waals surface area contributed by atoms with E-state index < -0.39 is 0 Å². The number of aromatic nitrogens is 3. The molecule has 50 heavy (non-hydrogen) atoms. The summed E-state index contributed by atoms with van der Waals surface area (Å²) in [6.07, 6.45) is 2.24. The summed E-state index contributed by atoms with van der Waals surface area (Å²) in [5.74, 6) is 0. The summed E-state index contributed by atoms with van der Waals surface area (Å²) in [6, 6.07) is 64.9. The molecule has 234 valence electrons. The van der Waals surface area contributed by atoms with Crippen LogP contribution in [0, 0.1) is 0 Å². The van der Waals surface area contributed by atoms with Gasteiger partial charge in [0.1, 0.15) is 0 Å². The maximum Gasteiger partial charge on any atom is 0.0790 e. The molecule has 0 bridgehead atoms. The number of para-hydroxylation sites is 2. The summed E-state index contributed by atoms with van der Waals surface area (Å²) in [5, 5.41) is 3.73. The highest BCUT2D eigenvalue weighted by Crippen LogP contribution is 2.43. The number of hydrogen-bond donors (Lipinski definition) is 0. The van der Waals surface area contributed by atoms with Gasteiger partial charge in [-0.3, -0.25) is 0 Å². The van der Waals surface area contributed by atoms with Crippen LogP contribution in [0.1, 0.15) is 0 Å². The SMILES string of the molecule is c1ccc(-c2cc(-c3ccc(-n4c5ccccc5c5ccn6c7ccccc7c(-c7ccccc7)c6c54)cc3)cc(-c3ccccc3)n2)cc1. The predicted molar refractivity (Wildman–Crippen MR) is 209 cm³/mol. The van der Waals surface area contributed by atoms with Gasteiger partial charge in [0.25, 0.3) is 0 Å². The molecule has 0 atom stereocenters. The highest BCUT2D eigenvalue weighted by Gasteiger charge is 2.21. The van der Waals surface area contributed by atoms with Gasteiger partial charge in [-0.2, -0.15) is 0 Å². The molecule has 10 rings (SSSR count). The van der Waals surface area contributed by atoms with Crippen molar-refractivity contribution in [2.75, 3.05) is 0 Å². The number of nitrogens with zero attached hydrogens (tertiary/aromatic N) is 3. The third-order valence-electron chi connectivity index (χ3n) is 9.92. The van der Waals surface area contributed by atoms with Crippen molar-refractivity contribution >= 4 is 38.2 Å². The first-order valence-electron chi connectivity index (χ1n) is 17.1. The highest BCUT2D eigenvalue weighted by molar-refractivity contribution is 6.20. The van der Waals surface area contributed by atoms with Gasteiger partial charge in [-0.05, 0) is 59.2 Å². The van der Waals surface area contributed by atoms with Crippen molar-refractivity contribution in [3.63, 3.8) is 0 Å². The first-order chi connectivity index (χ1) is 24.8. The molecule has 0 radical (unpaired) electrons. The van der Waals surface area contributed by atoms with E-state index in [0.29, 0.717) is 0 Å². The van der Waals surface area contributed by atoms with Crippen molar-refractivity contribution < 1.29 is 0 Å². The van der Waals surface area contributed by atoms with Crippen LogP contribution in [-0.4, -0.2) is 14.0 Å². The maximum absolute atomic E-state index is 5.10. The number of benzene rings is 6. The Balaban J connectivity index is 1.21. The zero-order chi connectivity index (χ0) is 33.0. The Labute approximate surface area is 290 Å². The second kappa shape index (κ2) is 11.5. The number of rotatable bonds is 5. The Morgan fingerprint density at radius 2 is 0.900 bits per heavy atom. The minimum atomic E-state index is 0.963. The molecule has 4 heterocycles. The fraction of sp³-hybridized carbons (Fsp3) is 0. The molecular weight excluding hydrogens is 607 g/mol. The lowest BCUT2D eigenvalue weighted by molar-refractivity contribution is 1.17. The van der Waals surface area contributed by atoms with E-state index in [-0.39, 0.29) is 0 Å².